The van der Waals surface area contributed by atoms with Crippen molar-refractivity contribution in [1.82, 2.24) is 0 Å². The summed E-state index contributed by atoms with van der Waals surface area (Å²) in [5, 5.41) is 0. The third kappa shape index (κ3) is 10.8. The maximum Gasteiger partial charge on any atom is 0.120 e. The van der Waals surface area contributed by atoms with Gasteiger partial charge in [0, 0.05) is 12.8 Å². The van der Waals surface area contributed by atoms with Crippen molar-refractivity contribution < 1.29 is 9.59 Å². The summed E-state index contributed by atoms with van der Waals surface area (Å²) in [5.74, 6) is 0. The average Bonchev–Trinajstić information content (AvgIpc) is 2.21. The van der Waals surface area contributed by atoms with Gasteiger partial charge in [-0.15, -0.1) is 0 Å². The molecule has 0 aromatic carbocycles. The molecule has 0 aliphatic heterocycles. The molecular weight excluding hydrogens is 176 g/mol. The van der Waals surface area contributed by atoms with Crippen LogP contribution in [0, 0.1) is 0 Å². The molecule has 14 heavy (non-hydrogen) atoms. The number of rotatable bonds is 9. The van der Waals surface area contributed by atoms with Crippen molar-refractivity contribution in [3.05, 3.63) is 24.3 Å². The first-order chi connectivity index (χ1) is 6.91. The third-order valence-electron chi connectivity index (χ3n) is 1.74. The molecule has 0 bridgehead atoms. The normalized spacial score (nSPS) is 11.1. The molecule has 0 unspecified atom stereocenters. The Bertz CT molecular complexity index is 170. The number of carbonyl (C=O) groups is 2. The Morgan fingerprint density at radius 3 is 1.07 bits per heavy atom. The molecule has 0 radical (unpaired) electrons. The molecule has 0 saturated carbocycles. The highest BCUT2D eigenvalue weighted by molar-refractivity contribution is 5.49. The van der Waals surface area contributed by atoms with Crippen LogP contribution in [0.3, 0.4) is 0 Å². The minimum Gasteiger partial charge on any atom is -0.303 e. The second-order valence-corrected chi connectivity index (χ2v) is 3.01. The molecule has 2 nitrogen and oxygen atoms in total. The van der Waals surface area contributed by atoms with E-state index in [0.29, 0.717) is 12.8 Å². The van der Waals surface area contributed by atoms with Crippen LogP contribution in [0.5, 0.6) is 0 Å². The van der Waals surface area contributed by atoms with E-state index in [1.807, 2.05) is 12.2 Å². The molecule has 0 N–H and O–H groups in total. The SMILES string of the molecule is O=CCCC=CCCC=CCCC=O. The first-order valence-corrected chi connectivity index (χ1v) is 5.09. The summed E-state index contributed by atoms with van der Waals surface area (Å²) in [6, 6.07) is 0. The molecule has 0 aromatic heterocycles. The van der Waals surface area contributed by atoms with Gasteiger partial charge in [0.2, 0.25) is 0 Å². The lowest BCUT2D eigenvalue weighted by atomic mass is 10.2. The van der Waals surface area contributed by atoms with Gasteiger partial charge in [0.05, 0.1) is 0 Å². The Morgan fingerprint density at radius 2 is 0.786 bits per heavy atom. The number of unbranched alkanes of at least 4 members (excludes halogenated alkanes) is 3. The summed E-state index contributed by atoms with van der Waals surface area (Å²) in [7, 11) is 0. The number of allylic oxidation sites excluding steroid dienone is 4. The maximum atomic E-state index is 9.97. The van der Waals surface area contributed by atoms with E-state index in [1.54, 1.807) is 0 Å². The van der Waals surface area contributed by atoms with Crippen molar-refractivity contribution >= 4 is 12.6 Å². The molecule has 0 saturated heterocycles. The lowest BCUT2D eigenvalue weighted by Crippen LogP contribution is -1.72. The largest absolute Gasteiger partial charge is 0.303 e. The van der Waals surface area contributed by atoms with Crippen molar-refractivity contribution in [3.63, 3.8) is 0 Å². The van der Waals surface area contributed by atoms with Crippen LogP contribution in [-0.4, -0.2) is 12.6 Å². The van der Waals surface area contributed by atoms with Gasteiger partial charge in [-0.05, 0) is 25.7 Å². The smallest absolute Gasteiger partial charge is 0.120 e. The molecule has 2 heteroatoms. The van der Waals surface area contributed by atoms with E-state index in [0.717, 1.165) is 38.3 Å². The first-order valence-electron chi connectivity index (χ1n) is 5.09. The van der Waals surface area contributed by atoms with Crippen molar-refractivity contribution in [2.24, 2.45) is 0 Å². The van der Waals surface area contributed by atoms with Gasteiger partial charge in [0.15, 0.2) is 0 Å². The summed E-state index contributed by atoms with van der Waals surface area (Å²) in [6.07, 6.45) is 15.1. The zero-order valence-electron chi connectivity index (χ0n) is 8.52. The van der Waals surface area contributed by atoms with Gasteiger partial charge in [-0.1, -0.05) is 24.3 Å². The van der Waals surface area contributed by atoms with Crippen molar-refractivity contribution in [3.8, 4) is 0 Å². The van der Waals surface area contributed by atoms with E-state index < -0.39 is 0 Å². The lowest BCUT2D eigenvalue weighted by molar-refractivity contribution is -0.108. The van der Waals surface area contributed by atoms with Gasteiger partial charge in [-0.3, -0.25) is 0 Å². The van der Waals surface area contributed by atoms with Crippen LogP contribution in [-0.2, 0) is 9.59 Å². The highest BCUT2D eigenvalue weighted by Gasteiger charge is 1.80. The maximum absolute atomic E-state index is 9.97. The Balaban J connectivity index is 3.18. The molecule has 0 heterocycles. The minimum atomic E-state index is 0.617. The quantitative estimate of drug-likeness (QED) is 0.321. The van der Waals surface area contributed by atoms with E-state index >= 15 is 0 Å². The zero-order chi connectivity index (χ0) is 10.5. The monoisotopic (exact) mass is 194 g/mol. The highest BCUT2D eigenvalue weighted by atomic mass is 16.1. The van der Waals surface area contributed by atoms with Crippen LogP contribution < -0.4 is 0 Å². The predicted molar refractivity (Wildman–Crippen MR) is 58.1 cm³/mol. The molecule has 0 aliphatic rings. The van der Waals surface area contributed by atoms with Gasteiger partial charge in [0.25, 0.3) is 0 Å². The fourth-order valence-corrected chi connectivity index (χ4v) is 0.992. The molecule has 0 fully saturated rings. The van der Waals surface area contributed by atoms with E-state index in [-0.39, 0.29) is 0 Å². The minimum absolute atomic E-state index is 0.617. The van der Waals surface area contributed by atoms with Gasteiger partial charge >= 0.3 is 0 Å². The summed E-state index contributed by atoms with van der Waals surface area (Å²) in [6.45, 7) is 0. The van der Waals surface area contributed by atoms with Crippen LogP contribution in [0.4, 0.5) is 0 Å². The van der Waals surface area contributed by atoms with Crippen LogP contribution >= 0.6 is 0 Å². The Hall–Kier alpha value is -1.18. The molecule has 0 aromatic rings. The predicted octanol–water partition coefficient (Wildman–Crippen LogP) is 2.84. The van der Waals surface area contributed by atoms with E-state index in [1.165, 1.54) is 0 Å². The van der Waals surface area contributed by atoms with Crippen LogP contribution in [0.25, 0.3) is 0 Å². The molecule has 0 amide bonds. The molecular formula is C12H18O2. The summed E-state index contributed by atoms with van der Waals surface area (Å²) in [4.78, 5) is 19.9. The molecule has 0 spiro atoms. The topological polar surface area (TPSA) is 34.1 Å². The van der Waals surface area contributed by atoms with Crippen molar-refractivity contribution in [1.29, 1.82) is 0 Å². The van der Waals surface area contributed by atoms with E-state index in [4.69, 9.17) is 0 Å². The summed E-state index contributed by atoms with van der Waals surface area (Å²) >= 11 is 0. The van der Waals surface area contributed by atoms with E-state index in [9.17, 15) is 9.59 Å². The van der Waals surface area contributed by atoms with Crippen LogP contribution in [0.15, 0.2) is 24.3 Å². The van der Waals surface area contributed by atoms with Crippen molar-refractivity contribution in [2.75, 3.05) is 0 Å². The molecule has 0 rings (SSSR count). The zero-order valence-corrected chi connectivity index (χ0v) is 8.52. The number of aldehydes is 2. The lowest BCUT2D eigenvalue weighted by Gasteiger charge is -1.87. The van der Waals surface area contributed by atoms with Crippen LogP contribution in [0.1, 0.15) is 38.5 Å². The van der Waals surface area contributed by atoms with Gasteiger partial charge in [0.1, 0.15) is 12.6 Å². The van der Waals surface area contributed by atoms with Gasteiger partial charge in [-0.2, -0.15) is 0 Å². The molecule has 78 valence electrons. The van der Waals surface area contributed by atoms with E-state index in [2.05, 4.69) is 12.2 Å². The second kappa shape index (κ2) is 11.8. The number of hydrogen-bond acceptors (Lipinski definition) is 2. The first kappa shape index (κ1) is 12.8. The average molecular weight is 194 g/mol. The van der Waals surface area contributed by atoms with Gasteiger partial charge in [-0.25, -0.2) is 0 Å². The number of hydrogen-bond donors (Lipinski definition) is 0. The third-order valence-corrected chi connectivity index (χ3v) is 1.74. The standard InChI is InChI=1S/C12H18O2/c13-11-9-7-5-3-1-2-4-6-8-10-12-14/h3-6,11-12H,1-2,7-10H2. The fourth-order valence-electron chi connectivity index (χ4n) is 0.992. The second-order valence-electron chi connectivity index (χ2n) is 3.01. The van der Waals surface area contributed by atoms with Crippen LogP contribution in [0.2, 0.25) is 0 Å². The Labute approximate surface area is 85.7 Å². The molecule has 0 atom stereocenters. The Kier molecular flexibility index (Phi) is 10.8. The Morgan fingerprint density at radius 1 is 0.500 bits per heavy atom. The fraction of sp³-hybridized carbons (Fsp3) is 0.500. The molecule has 0 aliphatic carbocycles. The summed E-state index contributed by atoms with van der Waals surface area (Å²) < 4.78 is 0. The summed E-state index contributed by atoms with van der Waals surface area (Å²) in [5.41, 5.74) is 0. The number of carbonyl (C=O) groups excluding carboxylic acids is 2. The highest BCUT2D eigenvalue weighted by Crippen LogP contribution is 1.97. The van der Waals surface area contributed by atoms with Gasteiger partial charge < -0.3 is 9.59 Å². The van der Waals surface area contributed by atoms with Crippen molar-refractivity contribution in [2.45, 2.75) is 38.5 Å².